The van der Waals surface area contributed by atoms with Gasteiger partial charge in [0.2, 0.25) is 5.91 Å². The lowest BCUT2D eigenvalue weighted by atomic mass is 10.2. The zero-order valence-corrected chi connectivity index (χ0v) is 8.11. The molecule has 1 amide bonds. The number of benzene rings is 1. The fraction of sp³-hybridized carbons (Fsp3) is 0.200. The Kier molecular flexibility index (Phi) is 3.38. The molecule has 0 aliphatic heterocycles. The maximum Gasteiger partial charge on any atom is 0.312 e. The van der Waals surface area contributed by atoms with E-state index in [1.807, 2.05) is 0 Å². The Labute approximate surface area is 85.9 Å². The van der Waals surface area contributed by atoms with Crippen molar-refractivity contribution in [2.75, 3.05) is 11.9 Å². The van der Waals surface area contributed by atoms with Gasteiger partial charge >= 0.3 is 5.97 Å². The molecule has 0 spiro atoms. The minimum Gasteiger partial charge on any atom is -0.481 e. The van der Waals surface area contributed by atoms with Crippen LogP contribution in [0.5, 0.6) is 0 Å². The number of amides is 1. The van der Waals surface area contributed by atoms with E-state index in [2.05, 4.69) is 0 Å². The second kappa shape index (κ2) is 4.54. The minimum atomic E-state index is -1.23. The summed E-state index contributed by atoms with van der Waals surface area (Å²) in [5.41, 5.74) is 0.0729. The van der Waals surface area contributed by atoms with Gasteiger partial charge in [-0.25, -0.2) is 4.39 Å². The van der Waals surface area contributed by atoms with Gasteiger partial charge in [-0.15, -0.1) is 0 Å². The highest BCUT2D eigenvalue weighted by Crippen LogP contribution is 2.17. The van der Waals surface area contributed by atoms with Crippen LogP contribution in [0, 0.1) is 5.82 Å². The van der Waals surface area contributed by atoms with E-state index in [-0.39, 0.29) is 5.69 Å². The summed E-state index contributed by atoms with van der Waals surface area (Å²) in [6.07, 6.45) is -0.648. The van der Waals surface area contributed by atoms with Crippen molar-refractivity contribution >= 4 is 17.6 Å². The van der Waals surface area contributed by atoms with Gasteiger partial charge < -0.3 is 10.0 Å². The first kappa shape index (κ1) is 11.2. The Balaban J connectivity index is 2.85. The van der Waals surface area contributed by atoms with Gasteiger partial charge in [0, 0.05) is 7.05 Å². The summed E-state index contributed by atoms with van der Waals surface area (Å²) < 4.78 is 13.2. The average Bonchev–Trinajstić information content (AvgIpc) is 2.16. The van der Waals surface area contributed by atoms with Crippen molar-refractivity contribution in [3.8, 4) is 0 Å². The highest BCUT2D eigenvalue weighted by Gasteiger charge is 2.16. The average molecular weight is 211 g/mol. The molecule has 0 atom stereocenters. The molecule has 0 saturated heterocycles. The van der Waals surface area contributed by atoms with E-state index in [4.69, 9.17) is 5.11 Å². The first-order chi connectivity index (χ1) is 7.02. The number of hydrogen-bond donors (Lipinski definition) is 1. The van der Waals surface area contributed by atoms with Crippen LogP contribution in [0.1, 0.15) is 6.42 Å². The molecular formula is C10H10FNO3. The van der Waals surface area contributed by atoms with Crippen LogP contribution >= 0.6 is 0 Å². The van der Waals surface area contributed by atoms with Crippen LogP contribution in [0.25, 0.3) is 0 Å². The summed E-state index contributed by atoms with van der Waals surface area (Å²) in [6, 6.07) is 5.69. The molecule has 5 heteroatoms. The summed E-state index contributed by atoms with van der Waals surface area (Å²) in [5, 5.41) is 8.41. The number of hydrogen-bond acceptors (Lipinski definition) is 2. The predicted octanol–water partition coefficient (Wildman–Crippen LogP) is 1.26. The van der Waals surface area contributed by atoms with Crippen LogP contribution in [0.2, 0.25) is 0 Å². The number of anilines is 1. The lowest BCUT2D eigenvalue weighted by molar-refractivity contribution is -0.140. The Bertz CT molecular complexity index is 392. The second-order valence-electron chi connectivity index (χ2n) is 2.97. The molecule has 0 aliphatic carbocycles. The summed E-state index contributed by atoms with van der Waals surface area (Å²) in [6.45, 7) is 0. The monoisotopic (exact) mass is 211 g/mol. The third-order valence-electron chi connectivity index (χ3n) is 1.89. The number of carboxylic acid groups (broad SMARTS) is 1. The van der Waals surface area contributed by atoms with Gasteiger partial charge in [-0.1, -0.05) is 12.1 Å². The van der Waals surface area contributed by atoms with Crippen LogP contribution in [-0.4, -0.2) is 24.0 Å². The normalized spacial score (nSPS) is 9.73. The van der Waals surface area contributed by atoms with E-state index < -0.39 is 24.1 Å². The molecule has 4 nitrogen and oxygen atoms in total. The molecular weight excluding hydrogens is 201 g/mol. The maximum atomic E-state index is 13.2. The molecule has 0 aliphatic rings. The van der Waals surface area contributed by atoms with Crippen LogP contribution in [0.3, 0.4) is 0 Å². The number of carboxylic acids is 1. The number of para-hydroxylation sites is 1. The van der Waals surface area contributed by atoms with Crippen molar-refractivity contribution in [2.24, 2.45) is 0 Å². The van der Waals surface area contributed by atoms with Gasteiger partial charge in [-0.05, 0) is 12.1 Å². The lowest BCUT2D eigenvalue weighted by Gasteiger charge is -2.16. The number of carbonyl (C=O) groups is 2. The third-order valence-corrected chi connectivity index (χ3v) is 1.89. The number of aliphatic carboxylic acids is 1. The molecule has 1 aromatic carbocycles. The van der Waals surface area contributed by atoms with Gasteiger partial charge in [0.25, 0.3) is 0 Å². The van der Waals surface area contributed by atoms with Crippen molar-refractivity contribution in [3.05, 3.63) is 30.1 Å². The Morgan fingerprint density at radius 1 is 1.40 bits per heavy atom. The Hall–Kier alpha value is -1.91. The molecule has 0 bridgehead atoms. The third kappa shape index (κ3) is 2.77. The zero-order chi connectivity index (χ0) is 11.4. The Morgan fingerprint density at radius 3 is 2.53 bits per heavy atom. The van der Waals surface area contributed by atoms with Gasteiger partial charge in [0.1, 0.15) is 12.2 Å². The smallest absolute Gasteiger partial charge is 0.312 e. The molecule has 80 valence electrons. The van der Waals surface area contributed by atoms with Crippen molar-refractivity contribution in [2.45, 2.75) is 6.42 Å². The van der Waals surface area contributed by atoms with E-state index in [0.29, 0.717) is 0 Å². The SMILES string of the molecule is CN(C(=O)CC(=O)O)c1ccccc1F. The van der Waals surface area contributed by atoms with Crippen LogP contribution in [-0.2, 0) is 9.59 Å². The molecule has 0 unspecified atom stereocenters. The molecule has 1 N–H and O–H groups in total. The topological polar surface area (TPSA) is 57.6 Å². The van der Waals surface area contributed by atoms with Crippen molar-refractivity contribution < 1.29 is 19.1 Å². The predicted molar refractivity (Wildman–Crippen MR) is 52.1 cm³/mol. The highest BCUT2D eigenvalue weighted by atomic mass is 19.1. The van der Waals surface area contributed by atoms with E-state index in [0.717, 1.165) is 4.90 Å². The lowest BCUT2D eigenvalue weighted by Crippen LogP contribution is -2.28. The molecule has 0 heterocycles. The van der Waals surface area contributed by atoms with Gasteiger partial charge in [0.15, 0.2) is 0 Å². The zero-order valence-electron chi connectivity index (χ0n) is 8.11. The van der Waals surface area contributed by atoms with Crippen molar-refractivity contribution in [1.82, 2.24) is 0 Å². The molecule has 0 radical (unpaired) electrons. The number of halogens is 1. The van der Waals surface area contributed by atoms with Gasteiger partial charge in [-0.3, -0.25) is 9.59 Å². The van der Waals surface area contributed by atoms with Gasteiger partial charge in [-0.2, -0.15) is 0 Å². The summed E-state index contributed by atoms with van der Waals surface area (Å²) in [5.74, 6) is -2.45. The summed E-state index contributed by atoms with van der Waals surface area (Å²) >= 11 is 0. The summed E-state index contributed by atoms with van der Waals surface area (Å²) in [7, 11) is 1.34. The van der Waals surface area contributed by atoms with Crippen LogP contribution in [0.15, 0.2) is 24.3 Å². The van der Waals surface area contributed by atoms with Crippen LogP contribution in [0.4, 0.5) is 10.1 Å². The highest BCUT2D eigenvalue weighted by molar-refractivity contribution is 6.02. The second-order valence-corrected chi connectivity index (χ2v) is 2.97. The molecule has 0 fully saturated rings. The minimum absolute atomic E-state index is 0.0729. The van der Waals surface area contributed by atoms with Crippen molar-refractivity contribution in [3.63, 3.8) is 0 Å². The molecule has 1 rings (SSSR count). The molecule has 15 heavy (non-hydrogen) atoms. The van der Waals surface area contributed by atoms with Crippen molar-refractivity contribution in [1.29, 1.82) is 0 Å². The largest absolute Gasteiger partial charge is 0.481 e. The van der Waals surface area contributed by atoms with E-state index >= 15 is 0 Å². The maximum absolute atomic E-state index is 13.2. The van der Waals surface area contributed by atoms with E-state index in [1.54, 1.807) is 6.07 Å². The quantitative estimate of drug-likeness (QED) is 0.766. The standard InChI is InChI=1S/C10H10FNO3/c1-12(9(13)6-10(14)15)8-5-3-2-4-7(8)11/h2-5H,6H2,1H3,(H,14,15). The molecule has 0 saturated carbocycles. The van der Waals surface area contributed by atoms with Gasteiger partial charge in [0.05, 0.1) is 5.69 Å². The van der Waals surface area contributed by atoms with Crippen LogP contribution < -0.4 is 4.90 Å². The first-order valence-corrected chi connectivity index (χ1v) is 4.25. The van der Waals surface area contributed by atoms with E-state index in [1.165, 1.54) is 25.2 Å². The fourth-order valence-electron chi connectivity index (χ4n) is 1.11. The first-order valence-electron chi connectivity index (χ1n) is 4.25. The van der Waals surface area contributed by atoms with E-state index in [9.17, 15) is 14.0 Å². The molecule has 1 aromatic rings. The number of carbonyl (C=O) groups excluding carboxylic acids is 1. The summed E-state index contributed by atoms with van der Waals surface area (Å²) in [4.78, 5) is 22.6. The Morgan fingerprint density at radius 2 is 2.00 bits per heavy atom. The fourth-order valence-corrected chi connectivity index (χ4v) is 1.11. The molecule has 0 aromatic heterocycles. The number of nitrogens with zero attached hydrogens (tertiary/aromatic N) is 1. The number of rotatable bonds is 3.